The minimum absolute atomic E-state index is 0.0351. The highest BCUT2D eigenvalue weighted by atomic mass is 16.1. The van der Waals surface area contributed by atoms with Crippen LogP contribution in [0.25, 0.3) is 49.6 Å². The van der Waals surface area contributed by atoms with Gasteiger partial charge in [-0.05, 0) is 87.0 Å². The van der Waals surface area contributed by atoms with E-state index in [-0.39, 0.29) is 5.56 Å². The third-order valence-electron chi connectivity index (χ3n) is 11.3. The van der Waals surface area contributed by atoms with Gasteiger partial charge in [0.05, 0.1) is 33.4 Å². The molecule has 11 rings (SSSR count). The largest absolute Gasteiger partial charge is 0.310 e. The molecule has 0 saturated carbocycles. The first-order valence-electron chi connectivity index (χ1n) is 18.0. The van der Waals surface area contributed by atoms with E-state index in [4.69, 9.17) is 0 Å². The Bertz CT molecular complexity index is 2970. The Morgan fingerprint density at radius 2 is 1.02 bits per heavy atom. The Kier molecular flexibility index (Phi) is 6.29. The third kappa shape index (κ3) is 4.06. The number of aromatic nitrogens is 2. The summed E-state index contributed by atoms with van der Waals surface area (Å²) in [5.74, 6) is 0. The maximum absolute atomic E-state index is 14.6. The molecular weight excluding hydrogens is 647 g/mol. The van der Waals surface area contributed by atoms with Crippen molar-refractivity contribution in [2.45, 2.75) is 5.41 Å². The van der Waals surface area contributed by atoms with E-state index in [9.17, 15) is 4.79 Å². The lowest BCUT2D eigenvalue weighted by atomic mass is 9.60. The summed E-state index contributed by atoms with van der Waals surface area (Å²) in [6.07, 6.45) is 3.55. The summed E-state index contributed by atoms with van der Waals surface area (Å²) in [5.41, 5.74) is 13.4. The van der Waals surface area contributed by atoms with Crippen LogP contribution in [0.1, 0.15) is 22.3 Å². The van der Waals surface area contributed by atoms with Gasteiger partial charge in [0.25, 0.3) is 5.56 Å². The second-order valence-corrected chi connectivity index (χ2v) is 13.9. The van der Waals surface area contributed by atoms with Crippen LogP contribution in [0.5, 0.6) is 0 Å². The lowest BCUT2D eigenvalue weighted by Gasteiger charge is -2.49. The monoisotopic (exact) mass is 677 g/mol. The van der Waals surface area contributed by atoms with Gasteiger partial charge in [-0.2, -0.15) is 0 Å². The Labute approximate surface area is 306 Å². The lowest BCUT2D eigenvalue weighted by Crippen LogP contribution is -2.42. The van der Waals surface area contributed by atoms with Gasteiger partial charge < -0.3 is 4.90 Å². The van der Waals surface area contributed by atoms with Gasteiger partial charge in [-0.1, -0.05) is 133 Å². The number of benzene rings is 7. The molecule has 0 saturated heterocycles. The molecule has 4 nitrogen and oxygen atoms in total. The van der Waals surface area contributed by atoms with Crippen molar-refractivity contribution >= 4 is 38.7 Å². The molecule has 1 atom stereocenters. The van der Waals surface area contributed by atoms with Crippen molar-refractivity contribution < 1.29 is 0 Å². The summed E-state index contributed by atoms with van der Waals surface area (Å²) in [6, 6.07) is 62.6. The van der Waals surface area contributed by atoms with E-state index in [2.05, 4.69) is 174 Å². The molecule has 0 amide bonds. The fraction of sp³-hybridized carbons (Fsp3) is 0.0204. The number of anilines is 3. The van der Waals surface area contributed by atoms with E-state index < -0.39 is 5.41 Å². The Balaban J connectivity index is 1.28. The molecule has 1 unspecified atom stereocenters. The van der Waals surface area contributed by atoms with E-state index in [0.717, 1.165) is 72.4 Å². The lowest BCUT2D eigenvalue weighted by molar-refractivity contribution is 0.709. The molecule has 7 aromatic carbocycles. The highest BCUT2D eigenvalue weighted by molar-refractivity contribution is 6.09. The van der Waals surface area contributed by atoms with Crippen molar-refractivity contribution in [2.24, 2.45) is 0 Å². The summed E-state index contributed by atoms with van der Waals surface area (Å²) >= 11 is 0. The normalized spacial score (nSPS) is 15.3. The smallest absolute Gasteiger partial charge is 0.263 e. The van der Waals surface area contributed by atoms with Gasteiger partial charge in [-0.15, -0.1) is 0 Å². The van der Waals surface area contributed by atoms with Crippen molar-refractivity contribution in [1.29, 1.82) is 0 Å². The van der Waals surface area contributed by atoms with E-state index in [0.29, 0.717) is 5.39 Å². The topological polar surface area (TPSA) is 38.1 Å². The summed E-state index contributed by atoms with van der Waals surface area (Å²) in [6.45, 7) is 0. The fourth-order valence-corrected chi connectivity index (χ4v) is 9.08. The van der Waals surface area contributed by atoms with E-state index in [1.807, 2.05) is 22.9 Å². The Morgan fingerprint density at radius 1 is 0.434 bits per heavy atom. The zero-order chi connectivity index (χ0) is 35.1. The van der Waals surface area contributed by atoms with Crippen LogP contribution >= 0.6 is 0 Å². The van der Waals surface area contributed by atoms with Crippen LogP contribution in [-0.4, -0.2) is 9.55 Å². The first-order chi connectivity index (χ1) is 26.2. The van der Waals surface area contributed by atoms with Gasteiger partial charge in [0.2, 0.25) is 0 Å². The fourth-order valence-electron chi connectivity index (χ4n) is 9.08. The number of nitrogens with zero attached hydrogens (tertiary/aromatic N) is 3. The molecular formula is C49H31N3O. The van der Waals surface area contributed by atoms with Crippen LogP contribution in [0.4, 0.5) is 17.1 Å². The highest BCUT2D eigenvalue weighted by Crippen LogP contribution is 2.61. The number of rotatable bonds is 3. The number of para-hydroxylation sites is 3. The van der Waals surface area contributed by atoms with Gasteiger partial charge in [0, 0.05) is 28.9 Å². The van der Waals surface area contributed by atoms with Gasteiger partial charge >= 0.3 is 0 Å². The van der Waals surface area contributed by atoms with Gasteiger partial charge in [0.1, 0.15) is 0 Å². The van der Waals surface area contributed by atoms with Crippen LogP contribution in [0.3, 0.4) is 0 Å². The van der Waals surface area contributed by atoms with Crippen LogP contribution in [-0.2, 0) is 5.41 Å². The van der Waals surface area contributed by atoms with Gasteiger partial charge in [0.15, 0.2) is 0 Å². The predicted molar refractivity (Wildman–Crippen MR) is 216 cm³/mol. The highest BCUT2D eigenvalue weighted by Gasteiger charge is 2.51. The average Bonchev–Trinajstić information content (AvgIpc) is 3.24. The standard InChI is InChI=1S/C49H31N3O/c53-48-38-28-29-50-31-39(38)37-16-11-19-42-47(37)52(48)45-21-10-8-18-41(45)49(42)40-17-7-9-20-44(40)51(36-25-22-34(23-26-36)32-12-3-1-4-13-32)46-27-24-35(30-43(46)49)33-14-5-2-6-15-33/h1-31H. The van der Waals surface area contributed by atoms with E-state index in [1.165, 1.54) is 11.1 Å². The van der Waals surface area contributed by atoms with Crippen molar-refractivity contribution in [3.8, 4) is 27.9 Å². The van der Waals surface area contributed by atoms with Crippen molar-refractivity contribution in [2.75, 3.05) is 4.90 Å². The SMILES string of the molecule is O=c1c2ccncc2c2cccc3c2n1-c1ccccc1C31c2ccccc2N(c2ccc(-c3ccccc3)cc2)c2ccc(-c3ccccc3)cc21. The Morgan fingerprint density at radius 3 is 1.77 bits per heavy atom. The summed E-state index contributed by atoms with van der Waals surface area (Å²) in [4.78, 5) is 21.5. The van der Waals surface area contributed by atoms with Crippen LogP contribution in [0.15, 0.2) is 193 Å². The number of hydrogen-bond acceptors (Lipinski definition) is 3. The molecule has 4 heteroatoms. The maximum atomic E-state index is 14.6. The van der Waals surface area contributed by atoms with Gasteiger partial charge in [-0.3, -0.25) is 14.3 Å². The second-order valence-electron chi connectivity index (χ2n) is 13.9. The zero-order valence-corrected chi connectivity index (χ0v) is 28.6. The first-order valence-corrected chi connectivity index (χ1v) is 18.0. The van der Waals surface area contributed by atoms with Crippen molar-refractivity contribution in [1.82, 2.24) is 9.55 Å². The molecule has 2 aromatic heterocycles. The van der Waals surface area contributed by atoms with Crippen LogP contribution in [0, 0.1) is 0 Å². The molecule has 0 fully saturated rings. The summed E-state index contributed by atoms with van der Waals surface area (Å²) in [7, 11) is 0. The Hall–Kier alpha value is -7.04. The molecule has 0 N–H and O–H groups in total. The number of fused-ring (bicyclic) bond motifs is 10. The predicted octanol–water partition coefficient (Wildman–Crippen LogP) is 11.4. The summed E-state index contributed by atoms with van der Waals surface area (Å²) < 4.78 is 1.95. The van der Waals surface area contributed by atoms with Crippen LogP contribution < -0.4 is 10.5 Å². The number of pyridine rings is 2. The molecule has 0 bridgehead atoms. The van der Waals surface area contributed by atoms with Crippen LogP contribution in [0.2, 0.25) is 0 Å². The zero-order valence-electron chi connectivity index (χ0n) is 28.6. The molecule has 0 aliphatic carbocycles. The molecule has 53 heavy (non-hydrogen) atoms. The third-order valence-corrected chi connectivity index (χ3v) is 11.3. The molecule has 9 aromatic rings. The minimum atomic E-state index is -0.754. The summed E-state index contributed by atoms with van der Waals surface area (Å²) in [5, 5.41) is 2.54. The molecule has 4 heterocycles. The molecule has 248 valence electrons. The van der Waals surface area contributed by atoms with Crippen molar-refractivity contribution in [3.05, 3.63) is 221 Å². The maximum Gasteiger partial charge on any atom is 0.263 e. The number of hydrogen-bond donors (Lipinski definition) is 0. The average molecular weight is 678 g/mol. The molecule has 1 spiro atoms. The first kappa shape index (κ1) is 29.7. The minimum Gasteiger partial charge on any atom is -0.310 e. The second kappa shape index (κ2) is 11.2. The molecule has 2 aliphatic rings. The molecule has 0 radical (unpaired) electrons. The quantitative estimate of drug-likeness (QED) is 0.175. The van der Waals surface area contributed by atoms with E-state index >= 15 is 0 Å². The van der Waals surface area contributed by atoms with Gasteiger partial charge in [-0.25, -0.2) is 0 Å². The molecule has 2 aliphatic heterocycles. The van der Waals surface area contributed by atoms with Crippen molar-refractivity contribution in [3.63, 3.8) is 0 Å². The van der Waals surface area contributed by atoms with E-state index in [1.54, 1.807) is 6.20 Å².